The van der Waals surface area contributed by atoms with Gasteiger partial charge in [0.1, 0.15) is 12.1 Å². The highest BCUT2D eigenvalue weighted by atomic mass is 19.4. The highest BCUT2D eigenvalue weighted by Gasteiger charge is 2.30. The van der Waals surface area contributed by atoms with Crippen LogP contribution in [0.25, 0.3) is 16.6 Å². The second kappa shape index (κ2) is 8.18. The predicted octanol–water partition coefficient (Wildman–Crippen LogP) is 4.67. The minimum atomic E-state index is -4.53. The summed E-state index contributed by atoms with van der Waals surface area (Å²) in [6.07, 6.45) is -3.39. The van der Waals surface area contributed by atoms with Crippen LogP contribution in [0.1, 0.15) is 15.9 Å². The van der Waals surface area contributed by atoms with Crippen molar-refractivity contribution in [3.8, 4) is 11.4 Å². The first kappa shape index (κ1) is 21.1. The predicted molar refractivity (Wildman–Crippen MR) is 113 cm³/mol. The third kappa shape index (κ3) is 4.04. The molecule has 0 atom stereocenters. The number of nitrogens with one attached hydrogen (secondary N) is 1. The molecular weight excluding hydrogens is 423 g/mol. The average Bonchev–Trinajstić information content (AvgIpc) is 2.79. The number of carbonyl (C=O) groups excluding carboxylic acids is 1. The quantitative estimate of drug-likeness (QED) is 0.502. The maximum atomic E-state index is 13.0. The molecule has 9 heteroatoms. The van der Waals surface area contributed by atoms with E-state index in [1.54, 1.807) is 24.3 Å². The molecule has 1 amide bonds. The second-order valence-corrected chi connectivity index (χ2v) is 6.85. The van der Waals surface area contributed by atoms with Crippen LogP contribution in [-0.2, 0) is 6.18 Å². The minimum absolute atomic E-state index is 0.0391. The van der Waals surface area contributed by atoms with Gasteiger partial charge in [0, 0.05) is 5.56 Å². The van der Waals surface area contributed by atoms with Gasteiger partial charge < -0.3 is 10.1 Å². The number of aromatic nitrogens is 2. The van der Waals surface area contributed by atoms with Crippen molar-refractivity contribution in [1.82, 2.24) is 9.55 Å². The number of hydrogen-bond donors (Lipinski definition) is 1. The van der Waals surface area contributed by atoms with Crippen molar-refractivity contribution in [3.63, 3.8) is 0 Å². The molecule has 0 saturated carbocycles. The number of halogens is 3. The maximum absolute atomic E-state index is 13.0. The Hall–Kier alpha value is -4.14. The van der Waals surface area contributed by atoms with Crippen LogP contribution < -0.4 is 15.6 Å². The van der Waals surface area contributed by atoms with Gasteiger partial charge in [0.15, 0.2) is 0 Å². The number of rotatable bonds is 4. The lowest BCUT2D eigenvalue weighted by Gasteiger charge is -2.12. The van der Waals surface area contributed by atoms with Gasteiger partial charge >= 0.3 is 6.18 Å². The van der Waals surface area contributed by atoms with E-state index >= 15 is 0 Å². The number of anilines is 1. The monoisotopic (exact) mass is 439 g/mol. The number of ether oxygens (including phenoxy) is 1. The van der Waals surface area contributed by atoms with Crippen LogP contribution in [0.3, 0.4) is 0 Å². The van der Waals surface area contributed by atoms with Crippen LogP contribution in [0.15, 0.2) is 77.9 Å². The average molecular weight is 439 g/mol. The van der Waals surface area contributed by atoms with Crippen molar-refractivity contribution in [2.24, 2.45) is 0 Å². The van der Waals surface area contributed by atoms with E-state index in [2.05, 4.69) is 10.3 Å². The summed E-state index contributed by atoms with van der Waals surface area (Å²) in [4.78, 5) is 29.7. The van der Waals surface area contributed by atoms with E-state index in [1.807, 2.05) is 0 Å². The van der Waals surface area contributed by atoms with E-state index < -0.39 is 23.2 Å². The molecule has 0 aliphatic heterocycles. The summed E-state index contributed by atoms with van der Waals surface area (Å²) in [5.41, 5.74) is -0.403. The molecule has 0 saturated heterocycles. The van der Waals surface area contributed by atoms with Crippen LogP contribution in [-0.4, -0.2) is 22.6 Å². The molecule has 4 rings (SSSR count). The number of amides is 1. The highest BCUT2D eigenvalue weighted by molar-refractivity contribution is 6.06. The van der Waals surface area contributed by atoms with Gasteiger partial charge in [-0.25, -0.2) is 4.98 Å². The number of benzene rings is 3. The lowest BCUT2D eigenvalue weighted by molar-refractivity contribution is -0.137. The minimum Gasteiger partial charge on any atom is -0.495 e. The van der Waals surface area contributed by atoms with E-state index in [9.17, 15) is 22.8 Å². The van der Waals surface area contributed by atoms with Crippen LogP contribution in [0, 0.1) is 0 Å². The van der Waals surface area contributed by atoms with Crippen molar-refractivity contribution in [3.05, 3.63) is 94.5 Å². The van der Waals surface area contributed by atoms with E-state index in [0.29, 0.717) is 11.4 Å². The van der Waals surface area contributed by atoms with Gasteiger partial charge in [-0.2, -0.15) is 13.2 Å². The van der Waals surface area contributed by atoms with Gasteiger partial charge in [-0.3, -0.25) is 14.2 Å². The molecule has 4 aromatic rings. The molecule has 162 valence electrons. The molecule has 0 bridgehead atoms. The lowest BCUT2D eigenvalue weighted by atomic mass is 10.1. The van der Waals surface area contributed by atoms with Crippen LogP contribution >= 0.6 is 0 Å². The number of carbonyl (C=O) groups is 1. The largest absolute Gasteiger partial charge is 0.495 e. The molecule has 1 heterocycles. The van der Waals surface area contributed by atoms with Crippen molar-refractivity contribution < 1.29 is 22.7 Å². The van der Waals surface area contributed by atoms with Crippen molar-refractivity contribution in [2.75, 3.05) is 12.4 Å². The fraction of sp³-hybridized carbons (Fsp3) is 0.0870. The van der Waals surface area contributed by atoms with Gasteiger partial charge in [-0.05, 0) is 48.5 Å². The smallest absolute Gasteiger partial charge is 0.416 e. The number of fused-ring (bicyclic) bond motifs is 1. The van der Waals surface area contributed by atoms with E-state index in [1.165, 1.54) is 37.4 Å². The molecule has 32 heavy (non-hydrogen) atoms. The summed E-state index contributed by atoms with van der Waals surface area (Å²) in [6.45, 7) is 0. The van der Waals surface area contributed by atoms with Gasteiger partial charge in [0.2, 0.25) is 0 Å². The SMILES string of the molecule is COc1ccccc1NC(=O)c1ccc2c(=O)n(-c3cccc(C(F)(F)F)c3)cnc2c1. The molecule has 1 aromatic heterocycles. The van der Waals surface area contributed by atoms with Crippen molar-refractivity contribution >= 4 is 22.5 Å². The summed E-state index contributed by atoms with van der Waals surface area (Å²) in [6, 6.07) is 15.6. The molecule has 0 aliphatic carbocycles. The first-order valence-corrected chi connectivity index (χ1v) is 9.41. The molecule has 1 N–H and O–H groups in total. The summed E-state index contributed by atoms with van der Waals surface area (Å²) in [5, 5.41) is 2.90. The molecule has 0 unspecified atom stereocenters. The highest BCUT2D eigenvalue weighted by Crippen LogP contribution is 2.30. The fourth-order valence-electron chi connectivity index (χ4n) is 3.22. The second-order valence-electron chi connectivity index (χ2n) is 6.85. The van der Waals surface area contributed by atoms with Crippen molar-refractivity contribution in [2.45, 2.75) is 6.18 Å². The Morgan fingerprint density at radius 1 is 1.03 bits per heavy atom. The zero-order valence-electron chi connectivity index (χ0n) is 16.7. The summed E-state index contributed by atoms with van der Waals surface area (Å²) in [5.74, 6) is 0.0593. The third-order valence-electron chi connectivity index (χ3n) is 4.83. The number of para-hydroxylation sites is 2. The van der Waals surface area contributed by atoms with E-state index in [0.717, 1.165) is 23.0 Å². The third-order valence-corrected chi connectivity index (χ3v) is 4.83. The van der Waals surface area contributed by atoms with Crippen LogP contribution in [0.5, 0.6) is 5.75 Å². The number of hydrogen-bond acceptors (Lipinski definition) is 4. The Morgan fingerprint density at radius 2 is 1.81 bits per heavy atom. The van der Waals surface area contributed by atoms with Crippen molar-refractivity contribution in [1.29, 1.82) is 0 Å². The van der Waals surface area contributed by atoms with Gasteiger partial charge in [0.05, 0.1) is 35.0 Å². The zero-order chi connectivity index (χ0) is 22.9. The molecule has 0 spiro atoms. The summed E-state index contributed by atoms with van der Waals surface area (Å²) in [7, 11) is 1.49. The Kier molecular flexibility index (Phi) is 5.40. The number of alkyl halides is 3. The van der Waals surface area contributed by atoms with E-state index in [4.69, 9.17) is 4.74 Å². The molecule has 0 aliphatic rings. The first-order chi connectivity index (χ1) is 15.3. The normalized spacial score (nSPS) is 11.4. The van der Waals surface area contributed by atoms with Crippen LogP contribution in [0.2, 0.25) is 0 Å². The summed E-state index contributed by atoms with van der Waals surface area (Å²) >= 11 is 0. The van der Waals surface area contributed by atoms with Gasteiger partial charge in [-0.15, -0.1) is 0 Å². The molecule has 3 aromatic carbocycles. The first-order valence-electron chi connectivity index (χ1n) is 9.41. The van der Waals surface area contributed by atoms with E-state index in [-0.39, 0.29) is 22.2 Å². The Morgan fingerprint density at radius 3 is 2.56 bits per heavy atom. The maximum Gasteiger partial charge on any atom is 0.416 e. The summed E-state index contributed by atoms with van der Waals surface area (Å²) < 4.78 is 45.3. The number of nitrogens with zero attached hydrogens (tertiary/aromatic N) is 2. The molecule has 0 fully saturated rings. The van der Waals surface area contributed by atoms with Gasteiger partial charge in [0.25, 0.3) is 11.5 Å². The zero-order valence-corrected chi connectivity index (χ0v) is 16.7. The Balaban J connectivity index is 1.69. The number of methoxy groups -OCH3 is 1. The van der Waals surface area contributed by atoms with Crippen LogP contribution in [0.4, 0.5) is 18.9 Å². The molecule has 0 radical (unpaired) electrons. The fourth-order valence-corrected chi connectivity index (χ4v) is 3.22. The molecule has 6 nitrogen and oxygen atoms in total. The standard InChI is InChI=1S/C23H16F3N3O3/c1-32-20-8-3-2-7-18(20)28-21(30)14-9-10-17-19(11-14)27-13-29(22(17)31)16-6-4-5-15(12-16)23(24,25)26/h2-13H,1H3,(H,28,30). The van der Waals surface area contributed by atoms with Gasteiger partial charge in [-0.1, -0.05) is 18.2 Å². The Labute approximate surface area is 179 Å². The lowest BCUT2D eigenvalue weighted by Crippen LogP contribution is -2.20. The Bertz CT molecular complexity index is 1380. The molecular formula is C23H16F3N3O3. The topological polar surface area (TPSA) is 73.2 Å².